The number of aromatic amines is 1. The van der Waals surface area contributed by atoms with Crippen LogP contribution in [0.1, 0.15) is 19.4 Å². The van der Waals surface area contributed by atoms with Gasteiger partial charge in [0.05, 0.1) is 20.2 Å². The summed E-state index contributed by atoms with van der Waals surface area (Å²) in [5.41, 5.74) is 2.07. The van der Waals surface area contributed by atoms with Gasteiger partial charge in [0, 0.05) is 12.1 Å². The van der Waals surface area contributed by atoms with Crippen LogP contribution < -0.4 is 20.1 Å². The van der Waals surface area contributed by atoms with Crippen LogP contribution in [0.2, 0.25) is 0 Å². The van der Waals surface area contributed by atoms with Gasteiger partial charge >= 0.3 is 0 Å². The molecule has 30 heavy (non-hydrogen) atoms. The Morgan fingerprint density at radius 3 is 2.70 bits per heavy atom. The van der Waals surface area contributed by atoms with Crippen molar-refractivity contribution in [3.05, 3.63) is 60.4 Å². The predicted molar refractivity (Wildman–Crippen MR) is 118 cm³/mol. The van der Waals surface area contributed by atoms with Crippen LogP contribution in [0.5, 0.6) is 11.5 Å². The molecule has 1 aromatic heterocycles. The number of ether oxygens (including phenoxy) is 2. The molecule has 0 aliphatic carbocycles. The zero-order valence-electron chi connectivity index (χ0n) is 17.6. The zero-order valence-corrected chi connectivity index (χ0v) is 17.6. The van der Waals surface area contributed by atoms with E-state index in [1.807, 2.05) is 56.3 Å². The first-order valence-electron chi connectivity index (χ1n) is 9.96. The fraction of sp³-hybridized carbons (Fsp3) is 0.318. The molecule has 8 nitrogen and oxygen atoms in total. The first-order valence-corrected chi connectivity index (χ1v) is 9.96. The Bertz CT molecular complexity index is 942. The topological polar surface area (TPSA) is 96.5 Å². The largest absolute Gasteiger partial charge is 0.493 e. The Kier molecular flexibility index (Phi) is 7.65. The molecule has 1 atom stereocenters. The van der Waals surface area contributed by atoms with Crippen molar-refractivity contribution < 1.29 is 9.47 Å². The summed E-state index contributed by atoms with van der Waals surface area (Å²) in [6, 6.07) is 15.7. The van der Waals surface area contributed by atoms with Gasteiger partial charge in [0.15, 0.2) is 23.3 Å². The van der Waals surface area contributed by atoms with Crippen LogP contribution in [-0.2, 0) is 6.54 Å². The second-order valence-electron chi connectivity index (χ2n) is 6.69. The van der Waals surface area contributed by atoms with E-state index in [0.717, 1.165) is 41.0 Å². The summed E-state index contributed by atoms with van der Waals surface area (Å²) in [5, 5.41) is 13.4. The van der Waals surface area contributed by atoms with Crippen LogP contribution in [-0.4, -0.2) is 47.4 Å². The van der Waals surface area contributed by atoms with E-state index < -0.39 is 0 Å². The smallest absolute Gasteiger partial charge is 0.191 e. The number of nitrogens with zero attached hydrogens (tertiary/aromatic N) is 3. The molecule has 0 amide bonds. The molecule has 3 rings (SSSR count). The van der Waals surface area contributed by atoms with Gasteiger partial charge in [0.2, 0.25) is 0 Å². The van der Waals surface area contributed by atoms with E-state index in [2.05, 4.69) is 36.9 Å². The summed E-state index contributed by atoms with van der Waals surface area (Å²) in [7, 11) is 1.64. The molecule has 0 saturated carbocycles. The Morgan fingerprint density at radius 1 is 1.13 bits per heavy atom. The molecule has 0 saturated heterocycles. The van der Waals surface area contributed by atoms with Crippen LogP contribution in [0.4, 0.5) is 0 Å². The number of benzene rings is 2. The van der Waals surface area contributed by atoms with E-state index >= 15 is 0 Å². The maximum Gasteiger partial charge on any atom is 0.191 e. The van der Waals surface area contributed by atoms with Crippen molar-refractivity contribution in [1.82, 2.24) is 25.8 Å². The summed E-state index contributed by atoms with van der Waals surface area (Å²) < 4.78 is 11.3. The number of hydrogen-bond donors (Lipinski definition) is 3. The highest BCUT2D eigenvalue weighted by atomic mass is 16.5. The maximum absolute atomic E-state index is 6.00. The quantitative estimate of drug-likeness (QED) is 0.372. The SMILES string of the molecule is CCNC(=NCc1cccc(-c2ncn[nH]2)c1)NCC(C)Oc1ccccc1OC. The van der Waals surface area contributed by atoms with Crippen molar-refractivity contribution >= 4 is 5.96 Å². The van der Waals surface area contributed by atoms with E-state index in [4.69, 9.17) is 9.47 Å². The monoisotopic (exact) mass is 408 g/mol. The number of para-hydroxylation sites is 2. The highest BCUT2D eigenvalue weighted by Crippen LogP contribution is 2.26. The third kappa shape index (κ3) is 5.97. The van der Waals surface area contributed by atoms with Gasteiger partial charge in [-0.25, -0.2) is 9.98 Å². The lowest BCUT2D eigenvalue weighted by atomic mass is 10.1. The van der Waals surface area contributed by atoms with E-state index in [9.17, 15) is 0 Å². The summed E-state index contributed by atoms with van der Waals surface area (Å²) in [6.45, 7) is 5.95. The standard InChI is InChI=1S/C22H28N6O2/c1-4-23-22(24-13-16(2)30-20-11-6-5-10-19(20)29-3)25-14-17-8-7-9-18(12-17)21-26-15-27-28-21/h5-12,15-16H,4,13-14H2,1-3H3,(H2,23,24,25)(H,26,27,28). The lowest BCUT2D eigenvalue weighted by Gasteiger charge is -2.19. The number of rotatable bonds is 9. The average Bonchev–Trinajstić information content (AvgIpc) is 3.31. The van der Waals surface area contributed by atoms with E-state index in [1.165, 1.54) is 6.33 Å². The normalized spacial score (nSPS) is 12.3. The number of aromatic nitrogens is 3. The van der Waals surface area contributed by atoms with Gasteiger partial charge in [0.1, 0.15) is 12.4 Å². The number of H-pyrrole nitrogens is 1. The van der Waals surface area contributed by atoms with Gasteiger partial charge in [-0.1, -0.05) is 30.3 Å². The lowest BCUT2D eigenvalue weighted by Crippen LogP contribution is -2.41. The molecule has 0 bridgehead atoms. The number of nitrogens with one attached hydrogen (secondary N) is 3. The first-order chi connectivity index (χ1) is 14.7. The highest BCUT2D eigenvalue weighted by molar-refractivity contribution is 5.79. The average molecular weight is 409 g/mol. The fourth-order valence-electron chi connectivity index (χ4n) is 2.89. The van der Waals surface area contributed by atoms with E-state index in [0.29, 0.717) is 13.1 Å². The minimum atomic E-state index is -0.0695. The minimum absolute atomic E-state index is 0.0695. The van der Waals surface area contributed by atoms with Crippen molar-refractivity contribution in [2.75, 3.05) is 20.2 Å². The molecule has 158 valence electrons. The fourth-order valence-corrected chi connectivity index (χ4v) is 2.89. The summed E-state index contributed by atoms with van der Waals surface area (Å²) in [5.74, 6) is 2.92. The second-order valence-corrected chi connectivity index (χ2v) is 6.69. The molecule has 1 unspecified atom stereocenters. The maximum atomic E-state index is 6.00. The van der Waals surface area contributed by atoms with Gasteiger partial charge in [-0.05, 0) is 37.6 Å². The molecule has 0 radical (unpaired) electrons. The zero-order chi connectivity index (χ0) is 21.2. The van der Waals surface area contributed by atoms with Crippen molar-refractivity contribution in [3.63, 3.8) is 0 Å². The Hall–Kier alpha value is -3.55. The van der Waals surface area contributed by atoms with Crippen LogP contribution in [0.15, 0.2) is 59.9 Å². The lowest BCUT2D eigenvalue weighted by molar-refractivity contribution is 0.213. The van der Waals surface area contributed by atoms with E-state index in [1.54, 1.807) is 7.11 Å². The third-order valence-corrected chi connectivity index (χ3v) is 4.33. The first kappa shape index (κ1) is 21.2. The Labute approximate surface area is 176 Å². The van der Waals surface area contributed by atoms with Crippen molar-refractivity contribution in [3.8, 4) is 22.9 Å². The van der Waals surface area contributed by atoms with Crippen LogP contribution >= 0.6 is 0 Å². The van der Waals surface area contributed by atoms with Gasteiger partial charge in [-0.2, -0.15) is 5.10 Å². The Morgan fingerprint density at radius 2 is 1.97 bits per heavy atom. The molecular weight excluding hydrogens is 380 g/mol. The van der Waals surface area contributed by atoms with Gasteiger partial charge in [-0.15, -0.1) is 0 Å². The van der Waals surface area contributed by atoms with E-state index in [-0.39, 0.29) is 6.10 Å². The van der Waals surface area contributed by atoms with Gasteiger partial charge < -0.3 is 20.1 Å². The van der Waals surface area contributed by atoms with Gasteiger partial charge in [0.25, 0.3) is 0 Å². The number of aliphatic imine (C=N–C) groups is 1. The summed E-state index contributed by atoms with van der Waals surface area (Å²) in [6.07, 6.45) is 1.43. The third-order valence-electron chi connectivity index (χ3n) is 4.33. The van der Waals surface area contributed by atoms with Crippen LogP contribution in [0.25, 0.3) is 11.4 Å². The van der Waals surface area contributed by atoms with Gasteiger partial charge in [-0.3, -0.25) is 5.10 Å². The summed E-state index contributed by atoms with van der Waals surface area (Å²) in [4.78, 5) is 8.88. The molecule has 3 N–H and O–H groups in total. The van der Waals surface area contributed by atoms with Crippen LogP contribution in [0, 0.1) is 0 Å². The molecule has 1 heterocycles. The molecule has 0 aliphatic rings. The number of hydrogen-bond acceptors (Lipinski definition) is 5. The van der Waals surface area contributed by atoms with Crippen molar-refractivity contribution in [2.24, 2.45) is 4.99 Å². The second kappa shape index (κ2) is 10.8. The Balaban J connectivity index is 1.59. The van der Waals surface area contributed by atoms with Crippen LogP contribution in [0.3, 0.4) is 0 Å². The van der Waals surface area contributed by atoms with Crippen molar-refractivity contribution in [1.29, 1.82) is 0 Å². The molecule has 8 heteroatoms. The molecule has 3 aromatic rings. The molecule has 0 fully saturated rings. The predicted octanol–water partition coefficient (Wildman–Crippen LogP) is 3.00. The minimum Gasteiger partial charge on any atom is -0.493 e. The molecular formula is C22H28N6O2. The summed E-state index contributed by atoms with van der Waals surface area (Å²) >= 11 is 0. The van der Waals surface area contributed by atoms with Crippen molar-refractivity contribution in [2.45, 2.75) is 26.5 Å². The molecule has 0 spiro atoms. The molecule has 2 aromatic carbocycles. The number of methoxy groups -OCH3 is 1. The number of guanidine groups is 1. The molecule has 0 aliphatic heterocycles. The highest BCUT2D eigenvalue weighted by Gasteiger charge is 2.09.